The van der Waals surface area contributed by atoms with Crippen LogP contribution in [-0.4, -0.2) is 37.4 Å². The maximum absolute atomic E-state index is 12.8. The van der Waals surface area contributed by atoms with Crippen LogP contribution in [0.5, 0.6) is 11.5 Å². The summed E-state index contributed by atoms with van der Waals surface area (Å²) in [7, 11) is 1.57. The molecule has 0 spiro atoms. The summed E-state index contributed by atoms with van der Waals surface area (Å²) >= 11 is 1.63. The van der Waals surface area contributed by atoms with Crippen molar-refractivity contribution in [2.75, 3.05) is 26.9 Å². The van der Waals surface area contributed by atoms with Gasteiger partial charge in [0.1, 0.15) is 5.56 Å². The van der Waals surface area contributed by atoms with E-state index in [0.717, 1.165) is 16.0 Å². The summed E-state index contributed by atoms with van der Waals surface area (Å²) in [5.41, 5.74) is 2.25. The van der Waals surface area contributed by atoms with Crippen molar-refractivity contribution in [2.24, 2.45) is 0 Å². The highest BCUT2D eigenvalue weighted by atomic mass is 32.1. The molecule has 170 valence electrons. The molecule has 0 aliphatic carbocycles. The highest BCUT2D eigenvalue weighted by Gasteiger charge is 2.29. The second-order valence-electron chi connectivity index (χ2n) is 7.54. The fourth-order valence-corrected chi connectivity index (χ4v) is 4.84. The van der Waals surface area contributed by atoms with E-state index in [-0.39, 0.29) is 23.6 Å². The first-order valence-corrected chi connectivity index (χ1v) is 11.6. The van der Waals surface area contributed by atoms with Crippen molar-refractivity contribution in [1.29, 1.82) is 0 Å². The molecule has 4 rings (SSSR count). The van der Waals surface area contributed by atoms with Crippen molar-refractivity contribution < 1.29 is 19.0 Å². The van der Waals surface area contributed by atoms with Gasteiger partial charge in [0, 0.05) is 22.7 Å². The first kappa shape index (κ1) is 22.6. The van der Waals surface area contributed by atoms with Crippen LogP contribution in [0.3, 0.4) is 0 Å². The van der Waals surface area contributed by atoms with E-state index in [0.29, 0.717) is 43.2 Å². The zero-order valence-electron chi connectivity index (χ0n) is 18.5. The Balaban J connectivity index is 1.83. The van der Waals surface area contributed by atoms with Crippen molar-refractivity contribution in [3.63, 3.8) is 0 Å². The predicted octanol–water partition coefficient (Wildman–Crippen LogP) is 4.60. The minimum atomic E-state index is -0.616. The molecule has 0 saturated carbocycles. The standard InChI is InChI=1S/C25H24N2O5S/c1-4-31-25(29)18-15-27-19(14-21(18)28)17-13-22(30-3)23(32-9-6-8-26-2)12-16(17)11-20(27)24-7-5-10-33-24/h5,7,10,12-15,20H,4,6,8-9,11H2,1,3H3. The second kappa shape index (κ2) is 9.92. The Hall–Kier alpha value is -3.57. The maximum atomic E-state index is 12.8. The first-order chi connectivity index (χ1) is 16.1. The van der Waals surface area contributed by atoms with Gasteiger partial charge in [-0.1, -0.05) is 6.07 Å². The van der Waals surface area contributed by atoms with E-state index in [4.69, 9.17) is 20.8 Å². The minimum Gasteiger partial charge on any atom is -0.493 e. The van der Waals surface area contributed by atoms with Gasteiger partial charge in [0.2, 0.25) is 6.54 Å². The highest BCUT2D eigenvalue weighted by molar-refractivity contribution is 7.10. The number of aromatic nitrogens is 1. The Labute approximate surface area is 196 Å². The van der Waals surface area contributed by atoms with Crippen LogP contribution in [0.15, 0.2) is 46.7 Å². The van der Waals surface area contributed by atoms with Crippen molar-refractivity contribution in [2.45, 2.75) is 25.8 Å². The smallest absolute Gasteiger partial charge is 0.343 e. The predicted molar refractivity (Wildman–Crippen MR) is 126 cm³/mol. The van der Waals surface area contributed by atoms with Crippen molar-refractivity contribution >= 4 is 17.3 Å². The number of benzene rings is 1. The number of thiophene rings is 1. The van der Waals surface area contributed by atoms with E-state index >= 15 is 0 Å². The van der Waals surface area contributed by atoms with Crippen molar-refractivity contribution in [3.8, 4) is 22.8 Å². The third kappa shape index (κ3) is 4.50. The number of hydrogen-bond acceptors (Lipinski definition) is 6. The van der Waals surface area contributed by atoms with Gasteiger partial charge >= 0.3 is 5.97 Å². The van der Waals surface area contributed by atoms with Gasteiger partial charge in [-0.2, -0.15) is 0 Å². The van der Waals surface area contributed by atoms with E-state index in [2.05, 4.69) is 10.9 Å². The van der Waals surface area contributed by atoms with E-state index in [9.17, 15) is 9.59 Å². The Kier molecular flexibility index (Phi) is 6.80. The molecular formula is C25H24N2O5S. The first-order valence-electron chi connectivity index (χ1n) is 10.7. The third-order valence-electron chi connectivity index (χ3n) is 5.53. The zero-order chi connectivity index (χ0) is 23.4. The molecule has 1 atom stereocenters. The van der Waals surface area contributed by atoms with Gasteiger partial charge in [0.15, 0.2) is 16.9 Å². The van der Waals surface area contributed by atoms with Crippen LogP contribution in [0, 0.1) is 6.57 Å². The number of rotatable bonds is 8. The Bertz CT molecular complexity index is 1260. The lowest BCUT2D eigenvalue weighted by atomic mass is 9.91. The van der Waals surface area contributed by atoms with Crippen LogP contribution in [0.2, 0.25) is 0 Å². The maximum Gasteiger partial charge on any atom is 0.343 e. The lowest BCUT2D eigenvalue weighted by molar-refractivity contribution is 0.0523. The molecule has 0 bridgehead atoms. The molecular weight excluding hydrogens is 440 g/mol. The SMILES string of the molecule is [C-]#[N+]CCCOc1cc2c(cc1OC)-c1cc(=O)c(C(=O)OCC)cn1C(c1cccs1)C2. The number of methoxy groups -OCH3 is 1. The lowest BCUT2D eigenvalue weighted by Gasteiger charge is -2.31. The second-order valence-corrected chi connectivity index (χ2v) is 8.52. The molecule has 0 N–H and O–H groups in total. The zero-order valence-corrected chi connectivity index (χ0v) is 19.3. The third-order valence-corrected chi connectivity index (χ3v) is 6.51. The molecule has 8 heteroatoms. The van der Waals surface area contributed by atoms with Crippen LogP contribution in [0.1, 0.15) is 40.2 Å². The van der Waals surface area contributed by atoms with Crippen molar-refractivity contribution in [1.82, 2.24) is 4.57 Å². The minimum absolute atomic E-state index is 0.0253. The van der Waals surface area contributed by atoms with Gasteiger partial charge in [0.05, 0.1) is 38.5 Å². The summed E-state index contributed by atoms with van der Waals surface area (Å²) in [5.74, 6) is 0.555. The highest BCUT2D eigenvalue weighted by Crippen LogP contribution is 2.43. The number of pyridine rings is 1. The molecule has 1 aliphatic heterocycles. The molecule has 0 fully saturated rings. The number of carbonyl (C=O) groups is 1. The largest absolute Gasteiger partial charge is 0.493 e. The molecule has 1 aliphatic rings. The molecule has 3 heterocycles. The topological polar surface area (TPSA) is 71.1 Å². The molecule has 2 aromatic heterocycles. The summed E-state index contributed by atoms with van der Waals surface area (Å²) in [6.45, 7) is 9.67. The lowest BCUT2D eigenvalue weighted by Crippen LogP contribution is -2.26. The summed E-state index contributed by atoms with van der Waals surface area (Å²) in [6, 6.07) is 9.30. The fourth-order valence-electron chi connectivity index (χ4n) is 4.02. The quantitative estimate of drug-likeness (QED) is 0.277. The van der Waals surface area contributed by atoms with Crippen molar-refractivity contribution in [3.05, 3.63) is 79.6 Å². The summed E-state index contributed by atoms with van der Waals surface area (Å²) in [4.78, 5) is 29.7. The molecule has 1 unspecified atom stereocenters. The molecule has 7 nitrogen and oxygen atoms in total. The van der Waals surface area contributed by atoms with Crippen LogP contribution in [0.4, 0.5) is 0 Å². The molecule has 33 heavy (non-hydrogen) atoms. The van der Waals surface area contributed by atoms with E-state index in [1.165, 1.54) is 6.07 Å². The van der Waals surface area contributed by atoms with Crippen LogP contribution < -0.4 is 14.9 Å². The Morgan fingerprint density at radius 2 is 2.15 bits per heavy atom. The number of esters is 1. The van der Waals surface area contributed by atoms with E-state index < -0.39 is 5.97 Å². The van der Waals surface area contributed by atoms with Gasteiger partial charge in [-0.25, -0.2) is 11.4 Å². The fraction of sp³-hybridized carbons (Fsp3) is 0.320. The number of nitrogens with zero attached hydrogens (tertiary/aromatic N) is 2. The van der Waals surface area contributed by atoms with Gasteiger partial charge in [-0.05, 0) is 42.5 Å². The molecule has 0 radical (unpaired) electrons. The van der Waals surface area contributed by atoms with Crippen LogP contribution in [0.25, 0.3) is 16.1 Å². The van der Waals surface area contributed by atoms with E-state index in [1.54, 1.807) is 31.6 Å². The normalized spacial score (nSPS) is 14.0. The van der Waals surface area contributed by atoms with Gasteiger partial charge in [0.25, 0.3) is 0 Å². The number of ether oxygens (including phenoxy) is 3. The Morgan fingerprint density at radius 3 is 2.85 bits per heavy atom. The van der Waals surface area contributed by atoms with Crippen LogP contribution in [-0.2, 0) is 11.2 Å². The summed E-state index contributed by atoms with van der Waals surface area (Å²) in [6.07, 6.45) is 2.91. The summed E-state index contributed by atoms with van der Waals surface area (Å²) < 4.78 is 18.6. The molecule has 1 aromatic carbocycles. The van der Waals surface area contributed by atoms with E-state index in [1.807, 2.05) is 28.1 Å². The molecule has 3 aromatic rings. The molecule has 0 saturated heterocycles. The summed E-state index contributed by atoms with van der Waals surface area (Å²) in [5, 5.41) is 2.01. The van der Waals surface area contributed by atoms with Gasteiger partial charge in [-0.3, -0.25) is 4.79 Å². The van der Waals surface area contributed by atoms with Gasteiger partial charge < -0.3 is 23.6 Å². The number of carbonyl (C=O) groups excluding carboxylic acids is 1. The monoisotopic (exact) mass is 464 g/mol. The van der Waals surface area contributed by atoms with Crippen LogP contribution >= 0.6 is 11.3 Å². The average molecular weight is 465 g/mol. The average Bonchev–Trinajstić information content (AvgIpc) is 3.35. The number of fused-ring (bicyclic) bond motifs is 3. The Morgan fingerprint density at radius 1 is 1.30 bits per heavy atom. The molecule has 0 amide bonds. The van der Waals surface area contributed by atoms with Gasteiger partial charge in [-0.15, -0.1) is 11.3 Å². The number of hydrogen-bond donors (Lipinski definition) is 0.